The monoisotopic (exact) mass is 513 g/mol. The molecule has 2 aromatic rings. The van der Waals surface area contributed by atoms with Crippen molar-refractivity contribution >= 4 is 39.2 Å². The highest BCUT2D eigenvalue weighted by molar-refractivity contribution is 7.91. The van der Waals surface area contributed by atoms with E-state index in [1.54, 1.807) is 22.9 Å². The number of nitrogens with zero attached hydrogens (tertiary/aromatic N) is 5. The Balaban J connectivity index is 1.40. The minimum atomic E-state index is -3.88. The second-order valence-corrected chi connectivity index (χ2v) is 11.0. The molecular weight excluding hydrogens is 482 g/mol. The van der Waals surface area contributed by atoms with E-state index in [0.717, 1.165) is 42.0 Å². The predicted octanol–water partition coefficient (Wildman–Crippen LogP) is 2.39. The number of hydrogen-bond donors (Lipinski definition) is 2. The molecule has 1 aromatic carbocycles. The van der Waals surface area contributed by atoms with Gasteiger partial charge in [0.1, 0.15) is 12.4 Å². The molecule has 1 aromatic heterocycles. The van der Waals surface area contributed by atoms with Crippen LogP contribution in [0.25, 0.3) is 0 Å². The number of aryl methyl sites for hydroxylation is 2. The minimum Gasteiger partial charge on any atom is -0.491 e. The number of carbonyl (C=O) groups excluding carboxylic acids is 1. The normalized spacial score (nSPS) is 24.7. The van der Waals surface area contributed by atoms with Gasteiger partial charge in [-0.05, 0) is 45.2 Å². The van der Waals surface area contributed by atoms with Crippen molar-refractivity contribution in [3.05, 3.63) is 35.0 Å². The van der Waals surface area contributed by atoms with Crippen LogP contribution in [0.3, 0.4) is 0 Å². The first-order valence-electron chi connectivity index (χ1n) is 12.1. The van der Waals surface area contributed by atoms with Crippen LogP contribution in [0.2, 0.25) is 0 Å². The number of carbonyl (C=O) groups is 1. The van der Waals surface area contributed by atoms with Gasteiger partial charge in [-0.1, -0.05) is 13.0 Å². The number of piperidine rings is 1. The molecular formula is C24H31N7O4S. The second-order valence-electron chi connectivity index (χ2n) is 9.69. The largest absolute Gasteiger partial charge is 0.491 e. The van der Waals surface area contributed by atoms with E-state index in [0.29, 0.717) is 23.5 Å². The van der Waals surface area contributed by atoms with Crippen LogP contribution in [-0.2, 0) is 22.1 Å². The van der Waals surface area contributed by atoms with Crippen molar-refractivity contribution in [2.45, 2.75) is 52.0 Å². The number of rotatable bonds is 4. The molecule has 1 amide bonds. The van der Waals surface area contributed by atoms with E-state index in [1.807, 2.05) is 32.7 Å². The third-order valence-electron chi connectivity index (χ3n) is 7.34. The summed E-state index contributed by atoms with van der Waals surface area (Å²) in [6.07, 6.45) is 2.73. The average Bonchev–Trinajstić information content (AvgIpc) is 3.09. The van der Waals surface area contributed by atoms with Crippen molar-refractivity contribution in [1.29, 1.82) is 0 Å². The number of amides is 1. The molecule has 3 aliphatic heterocycles. The fourth-order valence-electron chi connectivity index (χ4n) is 5.42. The zero-order valence-electron chi connectivity index (χ0n) is 20.9. The Labute approximate surface area is 210 Å². The molecule has 11 nitrogen and oxygen atoms in total. The fourth-order valence-corrected chi connectivity index (χ4v) is 6.27. The predicted molar refractivity (Wildman–Crippen MR) is 137 cm³/mol. The van der Waals surface area contributed by atoms with Crippen LogP contribution in [0.15, 0.2) is 27.6 Å². The van der Waals surface area contributed by atoms with Crippen molar-refractivity contribution in [3.8, 4) is 5.75 Å². The van der Waals surface area contributed by atoms with Gasteiger partial charge in [-0.25, -0.2) is 4.99 Å². The minimum absolute atomic E-state index is 0.0402. The molecule has 12 heteroatoms. The van der Waals surface area contributed by atoms with Crippen molar-refractivity contribution < 1.29 is 17.9 Å². The molecule has 3 aliphatic rings. The standard InChI is InChI=1S/C24H31N7O4S/c1-13-14(2)26-23-20(15(3)27-30(23)4)19(13)24(32)31-11-6-5-8-16(31)12-35-18-10-7-9-17-21(18)22(25)29-36(33,34)28-17/h7,9-10,13,16,19,28H,5-6,8,11-12H2,1-4H3,(H2,25,29)/t13?,16-,19?/m1/s1. The lowest BCUT2D eigenvalue weighted by atomic mass is 9.80. The lowest BCUT2D eigenvalue weighted by Gasteiger charge is -2.39. The van der Waals surface area contributed by atoms with Crippen LogP contribution >= 0.6 is 0 Å². The topological polar surface area (TPSA) is 144 Å². The SMILES string of the molecule is CC1=Nc2c(c(C)nn2C)C(C(=O)N2CCCC[C@@H]2COc2cccc3c2C(N)=NS(=O)(=O)N3)C1C. The van der Waals surface area contributed by atoms with Crippen LogP contribution in [0.5, 0.6) is 5.75 Å². The molecule has 36 heavy (non-hydrogen) atoms. The van der Waals surface area contributed by atoms with Crippen LogP contribution in [0.4, 0.5) is 11.5 Å². The number of ether oxygens (including phenoxy) is 1. The molecule has 3 atom stereocenters. The van der Waals surface area contributed by atoms with Gasteiger partial charge in [-0.2, -0.15) is 13.5 Å². The maximum Gasteiger partial charge on any atom is 0.344 e. The van der Waals surface area contributed by atoms with Crippen LogP contribution in [0.1, 0.15) is 55.8 Å². The highest BCUT2D eigenvalue weighted by atomic mass is 32.2. The van der Waals surface area contributed by atoms with Crippen molar-refractivity contribution in [1.82, 2.24) is 14.7 Å². The van der Waals surface area contributed by atoms with Gasteiger partial charge in [0, 0.05) is 30.8 Å². The Morgan fingerprint density at radius 3 is 2.83 bits per heavy atom. The number of hydrogen-bond acceptors (Lipinski definition) is 7. The smallest absolute Gasteiger partial charge is 0.344 e. The van der Waals surface area contributed by atoms with Gasteiger partial charge in [0.15, 0.2) is 11.7 Å². The Morgan fingerprint density at radius 1 is 1.28 bits per heavy atom. The maximum atomic E-state index is 14.1. The first-order valence-corrected chi connectivity index (χ1v) is 13.5. The number of nitrogens with two attached hydrogens (primary N) is 1. The van der Waals surface area contributed by atoms with Crippen molar-refractivity contribution in [2.24, 2.45) is 28.1 Å². The molecule has 2 unspecified atom stereocenters. The van der Waals surface area contributed by atoms with E-state index in [2.05, 4.69) is 14.2 Å². The first-order chi connectivity index (χ1) is 17.1. The summed E-state index contributed by atoms with van der Waals surface area (Å²) in [6, 6.07) is 4.90. The van der Waals surface area contributed by atoms with E-state index in [-0.39, 0.29) is 36.2 Å². The summed E-state index contributed by atoms with van der Waals surface area (Å²) in [5.41, 5.74) is 9.34. The number of fused-ring (bicyclic) bond motifs is 2. The van der Waals surface area contributed by atoms with E-state index in [1.165, 1.54) is 0 Å². The number of aromatic nitrogens is 2. The number of likely N-dealkylation sites (tertiary alicyclic amines) is 1. The summed E-state index contributed by atoms with van der Waals surface area (Å²) < 4.78 is 37.6. The lowest BCUT2D eigenvalue weighted by Crippen LogP contribution is -2.50. The molecule has 1 saturated heterocycles. The third kappa shape index (κ3) is 4.12. The van der Waals surface area contributed by atoms with Crippen LogP contribution in [0, 0.1) is 12.8 Å². The Morgan fingerprint density at radius 2 is 2.06 bits per heavy atom. The van der Waals surface area contributed by atoms with Gasteiger partial charge < -0.3 is 15.4 Å². The number of amidine groups is 1. The van der Waals surface area contributed by atoms with Crippen molar-refractivity contribution in [3.63, 3.8) is 0 Å². The number of anilines is 1. The summed E-state index contributed by atoms with van der Waals surface area (Å²) in [5.74, 6) is 0.718. The van der Waals surface area contributed by atoms with E-state index in [9.17, 15) is 13.2 Å². The van der Waals surface area contributed by atoms with Crippen LogP contribution in [-0.4, -0.2) is 59.7 Å². The number of benzene rings is 1. The molecule has 192 valence electrons. The molecule has 5 rings (SSSR count). The average molecular weight is 514 g/mol. The second kappa shape index (κ2) is 8.91. The zero-order valence-corrected chi connectivity index (χ0v) is 21.7. The van der Waals surface area contributed by atoms with Gasteiger partial charge in [-0.15, -0.1) is 4.40 Å². The molecule has 0 radical (unpaired) electrons. The molecule has 4 heterocycles. The number of nitrogens with one attached hydrogen (secondary N) is 1. The summed E-state index contributed by atoms with van der Waals surface area (Å²) in [7, 11) is -2.02. The molecule has 0 aliphatic carbocycles. The van der Waals surface area contributed by atoms with E-state index < -0.39 is 10.2 Å². The highest BCUT2D eigenvalue weighted by Gasteiger charge is 2.41. The van der Waals surface area contributed by atoms with Gasteiger partial charge >= 0.3 is 10.2 Å². The maximum absolute atomic E-state index is 14.1. The van der Waals surface area contributed by atoms with Gasteiger partial charge in [0.25, 0.3) is 0 Å². The molecule has 0 spiro atoms. The van der Waals surface area contributed by atoms with Gasteiger partial charge in [0.2, 0.25) is 5.91 Å². The third-order valence-corrected chi connectivity index (χ3v) is 8.25. The van der Waals surface area contributed by atoms with Gasteiger partial charge in [-0.3, -0.25) is 14.2 Å². The molecule has 1 fully saturated rings. The van der Waals surface area contributed by atoms with E-state index in [4.69, 9.17) is 15.5 Å². The summed E-state index contributed by atoms with van der Waals surface area (Å²) in [5, 5.41) is 4.53. The van der Waals surface area contributed by atoms with E-state index >= 15 is 0 Å². The molecule has 0 saturated carbocycles. The summed E-state index contributed by atoms with van der Waals surface area (Å²) in [4.78, 5) is 20.7. The first kappa shape index (κ1) is 24.3. The lowest BCUT2D eigenvalue weighted by molar-refractivity contribution is -0.138. The Bertz CT molecular complexity index is 1400. The summed E-state index contributed by atoms with van der Waals surface area (Å²) >= 11 is 0. The fraction of sp³-hybridized carbons (Fsp3) is 0.500. The molecule has 3 N–H and O–H groups in total. The van der Waals surface area contributed by atoms with Gasteiger partial charge in [0.05, 0.1) is 28.9 Å². The number of aliphatic imine (C=N–C) groups is 1. The van der Waals surface area contributed by atoms with Crippen molar-refractivity contribution in [2.75, 3.05) is 17.9 Å². The Hall–Kier alpha value is -3.41. The quantitative estimate of drug-likeness (QED) is 0.642. The van der Waals surface area contributed by atoms with Crippen LogP contribution < -0.4 is 15.2 Å². The molecule has 0 bridgehead atoms. The highest BCUT2D eigenvalue weighted by Crippen LogP contribution is 2.42. The zero-order chi connectivity index (χ0) is 25.8. The Kier molecular flexibility index (Phi) is 6.01. The summed E-state index contributed by atoms with van der Waals surface area (Å²) in [6.45, 7) is 6.85.